The molecule has 6 heteroatoms. The number of carbonyl (C=O) groups is 3. The molecule has 1 aliphatic carbocycles. The highest BCUT2D eigenvalue weighted by atomic mass is 16.2. The highest BCUT2D eigenvalue weighted by Crippen LogP contribution is 2.35. The van der Waals surface area contributed by atoms with E-state index in [4.69, 9.17) is 0 Å². The van der Waals surface area contributed by atoms with Crippen molar-refractivity contribution in [1.29, 1.82) is 0 Å². The monoisotopic (exact) mass is 365 g/mol. The van der Waals surface area contributed by atoms with E-state index in [9.17, 15) is 14.4 Å². The number of amides is 2. The Labute approximate surface area is 157 Å². The van der Waals surface area contributed by atoms with Gasteiger partial charge in [-0.2, -0.15) is 0 Å². The van der Waals surface area contributed by atoms with E-state index in [-0.39, 0.29) is 36.1 Å². The first-order valence-corrected chi connectivity index (χ1v) is 9.79. The molecule has 1 N–H and O–H groups in total. The fourth-order valence-corrected chi connectivity index (χ4v) is 4.52. The Kier molecular flexibility index (Phi) is 3.81. The van der Waals surface area contributed by atoms with Crippen LogP contribution in [0.15, 0.2) is 30.5 Å². The second-order valence-corrected chi connectivity index (χ2v) is 8.09. The summed E-state index contributed by atoms with van der Waals surface area (Å²) in [4.78, 5) is 39.0. The molecule has 0 unspecified atom stereocenters. The lowest BCUT2D eigenvalue weighted by Crippen LogP contribution is -2.49. The van der Waals surface area contributed by atoms with Crippen LogP contribution in [0, 0.1) is 11.8 Å². The van der Waals surface area contributed by atoms with Gasteiger partial charge in [-0.1, -0.05) is 18.2 Å². The molecule has 3 aliphatic rings. The summed E-state index contributed by atoms with van der Waals surface area (Å²) >= 11 is 0. The third-order valence-corrected chi connectivity index (χ3v) is 6.21. The number of nitrogens with one attached hydrogen (secondary N) is 1. The third-order valence-electron chi connectivity index (χ3n) is 6.21. The van der Waals surface area contributed by atoms with E-state index in [1.54, 1.807) is 0 Å². The number of piperidine rings is 1. The van der Waals surface area contributed by atoms with Gasteiger partial charge in [-0.3, -0.25) is 14.4 Å². The number of ketones is 1. The molecule has 0 bridgehead atoms. The number of hydrogen-bond acceptors (Lipinski definition) is 3. The quantitative estimate of drug-likeness (QED) is 0.842. The highest BCUT2D eigenvalue weighted by molar-refractivity contribution is 6.10. The number of nitrogens with zero attached hydrogens (tertiary/aromatic N) is 2. The number of aromatic nitrogens is 1. The van der Waals surface area contributed by atoms with Crippen molar-refractivity contribution in [2.75, 3.05) is 13.1 Å². The van der Waals surface area contributed by atoms with Gasteiger partial charge in [0.2, 0.25) is 11.8 Å². The minimum absolute atomic E-state index is 0.0424. The summed E-state index contributed by atoms with van der Waals surface area (Å²) in [5.74, 6) is 0.855. The van der Waals surface area contributed by atoms with Gasteiger partial charge in [0.15, 0.2) is 5.78 Å². The Hall–Kier alpha value is -2.63. The van der Waals surface area contributed by atoms with Gasteiger partial charge in [0, 0.05) is 54.1 Å². The van der Waals surface area contributed by atoms with Crippen molar-refractivity contribution in [1.82, 2.24) is 14.8 Å². The molecule has 6 nitrogen and oxygen atoms in total. The van der Waals surface area contributed by atoms with Gasteiger partial charge in [-0.15, -0.1) is 0 Å². The molecule has 2 atom stereocenters. The molecule has 1 aromatic carbocycles. The van der Waals surface area contributed by atoms with Crippen LogP contribution in [-0.4, -0.2) is 46.2 Å². The van der Waals surface area contributed by atoms with E-state index in [0.717, 1.165) is 35.7 Å². The lowest BCUT2D eigenvalue weighted by Gasteiger charge is -2.34. The molecule has 3 heterocycles. The summed E-state index contributed by atoms with van der Waals surface area (Å²) in [6.07, 6.45) is 5.25. The Morgan fingerprint density at radius 2 is 1.96 bits per heavy atom. The standard InChI is InChI=1S/C21H23N3O3/c25-19-9-14-7-8-23(11-17(14)22-19)20(26)12-24-10-16(21(27)13-5-6-13)15-3-1-2-4-18(15)24/h1-4,10,13-14,17H,5-9,11-12H2,(H,22,25)/t14-,17-/m1/s1. The van der Waals surface area contributed by atoms with Crippen molar-refractivity contribution in [3.8, 4) is 0 Å². The van der Waals surface area contributed by atoms with Crippen LogP contribution < -0.4 is 5.32 Å². The maximum Gasteiger partial charge on any atom is 0.242 e. The van der Waals surface area contributed by atoms with Crippen LogP contribution in [-0.2, 0) is 16.1 Å². The number of carbonyl (C=O) groups excluding carboxylic acids is 3. The molecule has 2 aliphatic heterocycles. The minimum atomic E-state index is 0.0424. The van der Waals surface area contributed by atoms with Crippen molar-refractivity contribution < 1.29 is 14.4 Å². The molecule has 0 radical (unpaired) electrons. The number of benzene rings is 1. The van der Waals surface area contributed by atoms with E-state index >= 15 is 0 Å². The van der Waals surface area contributed by atoms with Crippen LogP contribution >= 0.6 is 0 Å². The van der Waals surface area contributed by atoms with Gasteiger partial charge in [-0.25, -0.2) is 0 Å². The zero-order valence-electron chi connectivity index (χ0n) is 15.2. The lowest BCUT2D eigenvalue weighted by atomic mass is 9.92. The number of Topliss-reactive ketones (excluding diaryl/α,β-unsaturated/α-hetero) is 1. The summed E-state index contributed by atoms with van der Waals surface area (Å²) < 4.78 is 1.91. The van der Waals surface area contributed by atoms with E-state index in [1.807, 2.05) is 39.9 Å². The Morgan fingerprint density at radius 1 is 1.15 bits per heavy atom. The van der Waals surface area contributed by atoms with Crippen LogP contribution in [0.2, 0.25) is 0 Å². The average Bonchev–Trinajstić information content (AvgIpc) is 3.36. The minimum Gasteiger partial charge on any atom is -0.351 e. The van der Waals surface area contributed by atoms with Crippen LogP contribution in [0.3, 0.4) is 0 Å². The van der Waals surface area contributed by atoms with E-state index in [2.05, 4.69) is 5.32 Å². The van der Waals surface area contributed by atoms with E-state index in [1.165, 1.54) is 0 Å². The molecule has 5 rings (SSSR count). The predicted molar refractivity (Wildman–Crippen MR) is 100 cm³/mol. The summed E-state index contributed by atoms with van der Waals surface area (Å²) in [7, 11) is 0. The Balaban J connectivity index is 1.37. The molecule has 140 valence electrons. The van der Waals surface area contributed by atoms with Gasteiger partial charge in [0.05, 0.1) is 0 Å². The van der Waals surface area contributed by atoms with Gasteiger partial charge in [0.25, 0.3) is 0 Å². The fourth-order valence-electron chi connectivity index (χ4n) is 4.52. The number of fused-ring (bicyclic) bond motifs is 2. The summed E-state index contributed by atoms with van der Waals surface area (Å²) in [5.41, 5.74) is 1.67. The second kappa shape index (κ2) is 6.22. The van der Waals surface area contributed by atoms with Gasteiger partial charge >= 0.3 is 0 Å². The lowest BCUT2D eigenvalue weighted by molar-refractivity contribution is -0.133. The molecule has 27 heavy (non-hydrogen) atoms. The number of likely N-dealkylation sites (tertiary alicyclic amines) is 1. The molecule has 1 saturated carbocycles. The zero-order valence-corrected chi connectivity index (χ0v) is 15.2. The van der Waals surface area contributed by atoms with Crippen LogP contribution in [0.4, 0.5) is 0 Å². The summed E-state index contributed by atoms with van der Waals surface area (Å²) in [6, 6.07) is 7.89. The van der Waals surface area contributed by atoms with Gasteiger partial charge in [-0.05, 0) is 31.2 Å². The predicted octanol–water partition coefficient (Wildman–Crippen LogP) is 1.97. The molecule has 2 amide bonds. The van der Waals surface area contributed by atoms with E-state index in [0.29, 0.717) is 25.4 Å². The third kappa shape index (κ3) is 2.93. The topological polar surface area (TPSA) is 71.4 Å². The number of hydrogen-bond donors (Lipinski definition) is 1. The van der Waals surface area contributed by atoms with Crippen LogP contribution in [0.5, 0.6) is 0 Å². The molecule has 3 fully saturated rings. The first-order chi connectivity index (χ1) is 13.1. The van der Waals surface area contributed by atoms with Gasteiger partial charge in [0.1, 0.15) is 6.54 Å². The largest absolute Gasteiger partial charge is 0.351 e. The average molecular weight is 365 g/mol. The molecule has 2 aromatic rings. The van der Waals surface area contributed by atoms with Crippen molar-refractivity contribution >= 4 is 28.5 Å². The summed E-state index contributed by atoms with van der Waals surface area (Å²) in [5, 5.41) is 3.92. The Bertz CT molecular complexity index is 943. The van der Waals surface area contributed by atoms with Crippen molar-refractivity contribution in [2.45, 2.75) is 38.3 Å². The molecular formula is C21H23N3O3. The molecule has 0 spiro atoms. The van der Waals surface area contributed by atoms with Crippen molar-refractivity contribution in [3.63, 3.8) is 0 Å². The SMILES string of the molecule is O=C1C[C@H]2CCN(C(=O)Cn3cc(C(=O)C4CC4)c4ccccc43)C[C@H]2N1. The first-order valence-electron chi connectivity index (χ1n) is 9.79. The first kappa shape index (κ1) is 16.5. The van der Waals surface area contributed by atoms with Crippen LogP contribution in [0.1, 0.15) is 36.0 Å². The van der Waals surface area contributed by atoms with E-state index < -0.39 is 0 Å². The van der Waals surface area contributed by atoms with Crippen LogP contribution in [0.25, 0.3) is 10.9 Å². The normalized spacial score (nSPS) is 24.7. The number of para-hydroxylation sites is 1. The highest BCUT2D eigenvalue weighted by Gasteiger charge is 2.38. The molecule has 1 aromatic heterocycles. The fraction of sp³-hybridized carbons (Fsp3) is 0.476. The second-order valence-electron chi connectivity index (χ2n) is 8.09. The smallest absolute Gasteiger partial charge is 0.242 e. The van der Waals surface area contributed by atoms with Gasteiger partial charge < -0.3 is 14.8 Å². The molecular weight excluding hydrogens is 342 g/mol. The maximum absolute atomic E-state index is 12.9. The summed E-state index contributed by atoms with van der Waals surface area (Å²) in [6.45, 7) is 1.51. The van der Waals surface area contributed by atoms with Crippen molar-refractivity contribution in [2.24, 2.45) is 11.8 Å². The Morgan fingerprint density at radius 3 is 2.78 bits per heavy atom. The molecule has 2 saturated heterocycles. The zero-order chi connectivity index (χ0) is 18.5. The maximum atomic E-state index is 12.9. The number of rotatable bonds is 4. The van der Waals surface area contributed by atoms with Crippen molar-refractivity contribution in [3.05, 3.63) is 36.0 Å².